The van der Waals surface area contributed by atoms with Crippen molar-refractivity contribution in [2.75, 3.05) is 19.8 Å². The topological polar surface area (TPSA) is 66.8 Å². The van der Waals surface area contributed by atoms with Crippen LogP contribution in [0.25, 0.3) is 0 Å². The van der Waals surface area contributed by atoms with Crippen LogP contribution in [0.1, 0.15) is 19.3 Å². The Labute approximate surface area is 81.6 Å². The summed E-state index contributed by atoms with van der Waals surface area (Å²) in [6, 6.07) is 0. The van der Waals surface area contributed by atoms with Crippen LogP contribution < -0.4 is 0 Å². The molecule has 0 aromatic carbocycles. The van der Waals surface area contributed by atoms with E-state index in [1.54, 1.807) is 0 Å². The summed E-state index contributed by atoms with van der Waals surface area (Å²) < 4.78 is 5.26. The Kier molecular flexibility index (Phi) is 2.19. The van der Waals surface area contributed by atoms with E-state index in [0.29, 0.717) is 19.8 Å². The summed E-state index contributed by atoms with van der Waals surface area (Å²) in [6.07, 6.45) is 2.51. The van der Waals surface area contributed by atoms with Crippen LogP contribution in [0, 0.1) is 0 Å². The second-order valence-electron chi connectivity index (χ2n) is 3.89. The monoisotopic (exact) mass is 199 g/mol. The van der Waals surface area contributed by atoms with Gasteiger partial charge in [0.25, 0.3) is 0 Å². The van der Waals surface area contributed by atoms with E-state index < -0.39 is 11.9 Å². The molecule has 0 radical (unpaired) electrons. The van der Waals surface area contributed by atoms with E-state index in [1.807, 2.05) is 0 Å². The fourth-order valence-electron chi connectivity index (χ4n) is 2.38. The average molecular weight is 199 g/mol. The molecule has 0 aliphatic carbocycles. The molecule has 2 aliphatic heterocycles. The van der Waals surface area contributed by atoms with Gasteiger partial charge in [0.2, 0.25) is 0 Å². The highest BCUT2D eigenvalue weighted by molar-refractivity contribution is 6.31. The number of nitrogens with zero attached hydrogens (tertiary/aromatic N) is 1. The van der Waals surface area contributed by atoms with Crippen LogP contribution in [-0.4, -0.2) is 47.2 Å². The third-order valence-electron chi connectivity index (χ3n) is 3.11. The predicted molar refractivity (Wildman–Crippen MR) is 46.7 cm³/mol. The van der Waals surface area contributed by atoms with Crippen LogP contribution in [0.2, 0.25) is 0 Å². The number of carbonyl (C=O) groups is 2. The molecule has 0 saturated carbocycles. The van der Waals surface area contributed by atoms with Gasteiger partial charge in [0, 0.05) is 13.2 Å². The lowest BCUT2D eigenvalue weighted by molar-refractivity contribution is -0.158. The predicted octanol–water partition coefficient (Wildman–Crippen LogP) is -0.147. The first-order valence-electron chi connectivity index (χ1n) is 4.78. The number of hydrogen-bond acceptors (Lipinski definition) is 3. The number of carboxylic acids is 1. The minimum atomic E-state index is -1.36. The minimum Gasteiger partial charge on any atom is -0.474 e. The first kappa shape index (κ1) is 9.45. The lowest BCUT2D eigenvalue weighted by Crippen LogP contribution is -2.50. The molecule has 0 bridgehead atoms. The zero-order chi connectivity index (χ0) is 10.2. The molecule has 1 atom stereocenters. The number of amides is 1. The van der Waals surface area contributed by atoms with Crippen LogP contribution in [0.4, 0.5) is 0 Å². The number of carbonyl (C=O) groups excluding carboxylic acids is 1. The van der Waals surface area contributed by atoms with Gasteiger partial charge in [-0.3, -0.25) is 4.79 Å². The van der Waals surface area contributed by atoms with Gasteiger partial charge >= 0.3 is 11.9 Å². The van der Waals surface area contributed by atoms with Gasteiger partial charge < -0.3 is 14.7 Å². The first-order valence-corrected chi connectivity index (χ1v) is 4.78. The van der Waals surface area contributed by atoms with Crippen molar-refractivity contribution < 1.29 is 19.4 Å². The number of hydrogen-bond donors (Lipinski definition) is 1. The molecule has 1 N–H and O–H groups in total. The van der Waals surface area contributed by atoms with Gasteiger partial charge in [-0.05, 0) is 19.3 Å². The zero-order valence-electron chi connectivity index (χ0n) is 7.86. The van der Waals surface area contributed by atoms with E-state index in [-0.39, 0.29) is 5.54 Å². The van der Waals surface area contributed by atoms with E-state index >= 15 is 0 Å². The van der Waals surface area contributed by atoms with Crippen molar-refractivity contribution in [3.8, 4) is 0 Å². The molecule has 2 aliphatic rings. The summed E-state index contributed by atoms with van der Waals surface area (Å²) in [7, 11) is 0. The molecule has 0 aromatic heterocycles. The third-order valence-corrected chi connectivity index (χ3v) is 3.11. The van der Waals surface area contributed by atoms with Crippen molar-refractivity contribution >= 4 is 11.9 Å². The average Bonchev–Trinajstić information content (AvgIpc) is 2.76. The van der Waals surface area contributed by atoms with Crippen LogP contribution >= 0.6 is 0 Å². The SMILES string of the molecule is O=C(O)C(=O)N1CCCC12CCOC2. The summed E-state index contributed by atoms with van der Waals surface area (Å²) in [5, 5.41) is 8.65. The smallest absolute Gasteiger partial charge is 0.394 e. The molecule has 2 fully saturated rings. The molecule has 1 unspecified atom stereocenters. The quantitative estimate of drug-likeness (QED) is 0.551. The largest absolute Gasteiger partial charge is 0.474 e. The van der Waals surface area contributed by atoms with Crippen LogP contribution in [0.15, 0.2) is 0 Å². The highest BCUT2D eigenvalue weighted by Crippen LogP contribution is 2.36. The Morgan fingerprint density at radius 1 is 1.36 bits per heavy atom. The number of likely N-dealkylation sites (tertiary alicyclic amines) is 1. The van der Waals surface area contributed by atoms with E-state index in [4.69, 9.17) is 9.84 Å². The molecule has 2 heterocycles. The molecule has 14 heavy (non-hydrogen) atoms. The van der Waals surface area contributed by atoms with Crippen molar-refractivity contribution in [2.45, 2.75) is 24.8 Å². The standard InChI is InChI=1S/C9H13NO4/c11-7(8(12)13)10-4-1-2-9(10)3-5-14-6-9/h1-6H2,(H,12,13). The molecule has 0 aromatic rings. The summed E-state index contributed by atoms with van der Waals surface area (Å²) >= 11 is 0. The first-order chi connectivity index (χ1) is 6.66. The van der Waals surface area contributed by atoms with E-state index in [2.05, 4.69) is 0 Å². The summed E-state index contributed by atoms with van der Waals surface area (Å²) in [5.74, 6) is -2.15. The highest BCUT2D eigenvalue weighted by atomic mass is 16.5. The molecule has 78 valence electrons. The van der Waals surface area contributed by atoms with Gasteiger partial charge in [-0.2, -0.15) is 0 Å². The molecular weight excluding hydrogens is 186 g/mol. The van der Waals surface area contributed by atoms with Crippen LogP contribution in [-0.2, 0) is 14.3 Å². The molecule has 5 heteroatoms. The zero-order valence-corrected chi connectivity index (χ0v) is 7.86. The van der Waals surface area contributed by atoms with E-state index in [0.717, 1.165) is 19.3 Å². The Morgan fingerprint density at radius 3 is 2.71 bits per heavy atom. The maximum atomic E-state index is 11.4. The Bertz CT molecular complexity index is 264. The van der Waals surface area contributed by atoms with E-state index in [9.17, 15) is 9.59 Å². The normalized spacial score (nSPS) is 31.3. The van der Waals surface area contributed by atoms with Gasteiger partial charge in [-0.1, -0.05) is 0 Å². The Balaban J connectivity index is 2.18. The van der Waals surface area contributed by atoms with E-state index in [1.165, 1.54) is 4.90 Å². The highest BCUT2D eigenvalue weighted by Gasteiger charge is 2.47. The molecular formula is C9H13NO4. The second kappa shape index (κ2) is 3.24. The Hall–Kier alpha value is -1.10. The number of ether oxygens (including phenoxy) is 1. The van der Waals surface area contributed by atoms with Crippen molar-refractivity contribution in [1.82, 2.24) is 4.90 Å². The van der Waals surface area contributed by atoms with Crippen molar-refractivity contribution in [2.24, 2.45) is 0 Å². The number of rotatable bonds is 0. The summed E-state index contributed by atoms with van der Waals surface area (Å²) in [5.41, 5.74) is -0.310. The number of aliphatic carboxylic acids is 1. The van der Waals surface area contributed by atoms with Crippen molar-refractivity contribution in [1.29, 1.82) is 0 Å². The van der Waals surface area contributed by atoms with Crippen molar-refractivity contribution in [3.05, 3.63) is 0 Å². The van der Waals surface area contributed by atoms with Gasteiger partial charge in [0.15, 0.2) is 0 Å². The maximum absolute atomic E-state index is 11.4. The number of carboxylic acid groups (broad SMARTS) is 1. The molecule has 5 nitrogen and oxygen atoms in total. The van der Waals surface area contributed by atoms with Gasteiger partial charge in [-0.15, -0.1) is 0 Å². The molecule has 2 rings (SSSR count). The fourth-order valence-corrected chi connectivity index (χ4v) is 2.38. The maximum Gasteiger partial charge on any atom is 0.394 e. The van der Waals surface area contributed by atoms with Crippen LogP contribution in [0.5, 0.6) is 0 Å². The summed E-state index contributed by atoms with van der Waals surface area (Å²) in [4.78, 5) is 23.4. The summed E-state index contributed by atoms with van der Waals surface area (Å²) in [6.45, 7) is 1.67. The van der Waals surface area contributed by atoms with Crippen LogP contribution in [0.3, 0.4) is 0 Å². The lowest BCUT2D eigenvalue weighted by atomic mass is 9.95. The molecule has 1 spiro atoms. The molecule has 2 saturated heterocycles. The fraction of sp³-hybridized carbons (Fsp3) is 0.778. The third kappa shape index (κ3) is 1.28. The Morgan fingerprint density at radius 2 is 2.14 bits per heavy atom. The molecule has 1 amide bonds. The minimum absolute atomic E-state index is 0.310. The van der Waals surface area contributed by atoms with Gasteiger partial charge in [0.05, 0.1) is 12.1 Å². The van der Waals surface area contributed by atoms with Gasteiger partial charge in [0.1, 0.15) is 0 Å². The second-order valence-corrected chi connectivity index (χ2v) is 3.89. The van der Waals surface area contributed by atoms with Gasteiger partial charge in [-0.25, -0.2) is 4.79 Å². The lowest BCUT2D eigenvalue weighted by Gasteiger charge is -2.32. The van der Waals surface area contributed by atoms with Crippen molar-refractivity contribution in [3.63, 3.8) is 0 Å².